The van der Waals surface area contributed by atoms with E-state index in [2.05, 4.69) is 11.8 Å². The van der Waals surface area contributed by atoms with Gasteiger partial charge < -0.3 is 24.2 Å². The molecule has 4 rings (SSSR count). The van der Waals surface area contributed by atoms with Gasteiger partial charge in [-0.1, -0.05) is 25.5 Å². The number of aliphatic hydroxyl groups is 1. The van der Waals surface area contributed by atoms with Crippen molar-refractivity contribution in [3.05, 3.63) is 65.2 Å². The third-order valence-corrected chi connectivity index (χ3v) is 6.90. The highest BCUT2D eigenvalue weighted by Crippen LogP contribution is 2.40. The molecule has 204 valence electrons. The van der Waals surface area contributed by atoms with Gasteiger partial charge >= 0.3 is 0 Å². The molecule has 0 aliphatic carbocycles. The maximum Gasteiger partial charge on any atom is 0.295 e. The number of nitrogens with zero attached hydrogens (tertiary/aromatic N) is 2. The van der Waals surface area contributed by atoms with Crippen LogP contribution in [-0.4, -0.2) is 79.2 Å². The van der Waals surface area contributed by atoms with Gasteiger partial charge in [-0.05, 0) is 61.7 Å². The minimum Gasteiger partial charge on any atom is -0.507 e. The summed E-state index contributed by atoms with van der Waals surface area (Å²) < 4.78 is 16.9. The predicted molar refractivity (Wildman–Crippen MR) is 145 cm³/mol. The molecular weight excluding hydrogens is 484 g/mol. The lowest BCUT2D eigenvalue weighted by atomic mass is 9.95. The highest BCUT2D eigenvalue weighted by molar-refractivity contribution is 6.46. The molecule has 2 aliphatic heterocycles. The van der Waals surface area contributed by atoms with Gasteiger partial charge in [0, 0.05) is 31.7 Å². The molecule has 8 heteroatoms. The third kappa shape index (κ3) is 6.55. The molecular formula is C30H38N2O6. The Balaban J connectivity index is 1.66. The Bertz CT molecular complexity index is 1120. The van der Waals surface area contributed by atoms with Crippen molar-refractivity contribution in [1.29, 1.82) is 0 Å². The van der Waals surface area contributed by atoms with Crippen LogP contribution >= 0.6 is 0 Å². The third-order valence-electron chi connectivity index (χ3n) is 6.90. The van der Waals surface area contributed by atoms with Gasteiger partial charge in [-0.25, -0.2) is 0 Å². The van der Waals surface area contributed by atoms with E-state index in [1.165, 1.54) is 0 Å². The molecule has 2 aliphatic rings. The molecule has 1 atom stereocenters. The van der Waals surface area contributed by atoms with Crippen LogP contribution in [0.2, 0.25) is 0 Å². The average Bonchev–Trinajstić information content (AvgIpc) is 3.19. The van der Waals surface area contributed by atoms with Crippen LogP contribution in [0.4, 0.5) is 0 Å². The number of Topliss-reactive ketones (excluding diaryl/α,β-unsaturated/α-hetero) is 1. The first-order chi connectivity index (χ1) is 18.5. The van der Waals surface area contributed by atoms with Gasteiger partial charge in [0.15, 0.2) is 0 Å². The molecule has 0 radical (unpaired) electrons. The molecule has 2 aromatic carbocycles. The maximum absolute atomic E-state index is 13.4. The number of benzene rings is 2. The first kappa shape index (κ1) is 27.7. The largest absolute Gasteiger partial charge is 0.507 e. The molecule has 2 heterocycles. The van der Waals surface area contributed by atoms with Crippen LogP contribution in [0.5, 0.6) is 11.5 Å². The number of aliphatic hydroxyl groups excluding tert-OH is 1. The fraction of sp³-hybridized carbons (Fsp3) is 0.467. The summed E-state index contributed by atoms with van der Waals surface area (Å²) in [6.45, 7) is 9.44. The number of unbranched alkanes of at least 4 members (excludes halogenated alkanes) is 1. The second-order valence-corrected chi connectivity index (χ2v) is 9.53. The van der Waals surface area contributed by atoms with Crippen molar-refractivity contribution in [2.75, 3.05) is 52.6 Å². The Morgan fingerprint density at radius 1 is 0.974 bits per heavy atom. The smallest absolute Gasteiger partial charge is 0.295 e. The zero-order valence-electron chi connectivity index (χ0n) is 22.4. The van der Waals surface area contributed by atoms with E-state index in [0.717, 1.165) is 38.0 Å². The maximum atomic E-state index is 13.4. The van der Waals surface area contributed by atoms with E-state index >= 15 is 0 Å². The number of amides is 1. The van der Waals surface area contributed by atoms with Crippen LogP contribution < -0.4 is 9.47 Å². The summed E-state index contributed by atoms with van der Waals surface area (Å²) in [7, 11) is 0. The fourth-order valence-electron chi connectivity index (χ4n) is 4.89. The number of rotatable bonds is 12. The van der Waals surface area contributed by atoms with Gasteiger partial charge in [-0.15, -0.1) is 0 Å². The Kier molecular flexibility index (Phi) is 9.79. The van der Waals surface area contributed by atoms with Gasteiger partial charge in [0.2, 0.25) is 0 Å². The van der Waals surface area contributed by atoms with E-state index in [9.17, 15) is 14.7 Å². The lowest BCUT2D eigenvalue weighted by Gasteiger charge is -2.29. The molecule has 0 aromatic heterocycles. The monoisotopic (exact) mass is 522 g/mol. The summed E-state index contributed by atoms with van der Waals surface area (Å²) in [5.74, 6) is -0.117. The SMILES string of the molecule is CCCCOc1cccc(C2/C(=C(\O)c3ccc(OCC)cc3)C(=O)C(=O)N2CCCN2CCOCC2)c1. The van der Waals surface area contributed by atoms with E-state index in [1.807, 2.05) is 31.2 Å². The Morgan fingerprint density at radius 2 is 1.74 bits per heavy atom. The highest BCUT2D eigenvalue weighted by atomic mass is 16.5. The van der Waals surface area contributed by atoms with E-state index in [1.54, 1.807) is 29.2 Å². The quantitative estimate of drug-likeness (QED) is 0.191. The minimum atomic E-state index is -0.707. The van der Waals surface area contributed by atoms with Crippen molar-refractivity contribution in [1.82, 2.24) is 9.80 Å². The molecule has 1 unspecified atom stereocenters. The number of carbonyl (C=O) groups is 2. The van der Waals surface area contributed by atoms with Gasteiger partial charge in [-0.3, -0.25) is 14.5 Å². The summed E-state index contributed by atoms with van der Waals surface area (Å²) >= 11 is 0. The second-order valence-electron chi connectivity index (χ2n) is 9.53. The van der Waals surface area contributed by atoms with Crippen LogP contribution in [0.1, 0.15) is 50.3 Å². The van der Waals surface area contributed by atoms with Crippen LogP contribution in [0.25, 0.3) is 5.76 Å². The van der Waals surface area contributed by atoms with Gasteiger partial charge in [0.1, 0.15) is 17.3 Å². The number of ether oxygens (including phenoxy) is 3. The second kappa shape index (κ2) is 13.4. The van der Waals surface area contributed by atoms with Crippen LogP contribution in [-0.2, 0) is 14.3 Å². The van der Waals surface area contributed by atoms with Crippen molar-refractivity contribution in [2.24, 2.45) is 0 Å². The molecule has 2 fully saturated rings. The zero-order valence-corrected chi connectivity index (χ0v) is 22.4. The molecule has 0 saturated carbocycles. The summed E-state index contributed by atoms with van der Waals surface area (Å²) in [4.78, 5) is 30.5. The van der Waals surface area contributed by atoms with E-state index in [-0.39, 0.29) is 11.3 Å². The van der Waals surface area contributed by atoms with Gasteiger partial charge in [-0.2, -0.15) is 0 Å². The number of morpholine rings is 1. The summed E-state index contributed by atoms with van der Waals surface area (Å²) in [6, 6.07) is 13.7. The van der Waals surface area contributed by atoms with Crippen molar-refractivity contribution < 1.29 is 28.9 Å². The van der Waals surface area contributed by atoms with Crippen molar-refractivity contribution >= 4 is 17.4 Å². The molecule has 0 spiro atoms. The summed E-state index contributed by atoms with van der Waals surface area (Å²) in [5.41, 5.74) is 1.29. The van der Waals surface area contributed by atoms with Crippen molar-refractivity contribution in [3.8, 4) is 11.5 Å². The lowest BCUT2D eigenvalue weighted by molar-refractivity contribution is -0.140. The topological polar surface area (TPSA) is 88.5 Å². The highest BCUT2D eigenvalue weighted by Gasteiger charge is 2.46. The number of hydrogen-bond donors (Lipinski definition) is 1. The standard InChI is InChI=1S/C30H38N2O6/c1-3-5-18-38-25-9-6-8-23(21-25)27-26(28(33)22-10-12-24(13-11-22)37-4-2)29(34)30(35)32(27)15-7-14-31-16-19-36-20-17-31/h6,8-13,21,27,33H,3-5,7,14-20H2,1-2H3/b28-26+. The molecule has 1 amide bonds. The van der Waals surface area contributed by atoms with Crippen molar-refractivity contribution in [2.45, 2.75) is 39.2 Å². The molecule has 0 bridgehead atoms. The molecule has 8 nitrogen and oxygen atoms in total. The molecule has 38 heavy (non-hydrogen) atoms. The Labute approximate surface area is 224 Å². The van der Waals surface area contributed by atoms with E-state index in [4.69, 9.17) is 14.2 Å². The van der Waals surface area contributed by atoms with E-state index in [0.29, 0.717) is 56.5 Å². The fourth-order valence-corrected chi connectivity index (χ4v) is 4.89. The number of carbonyl (C=O) groups excluding carboxylic acids is 2. The Morgan fingerprint density at radius 3 is 2.45 bits per heavy atom. The lowest BCUT2D eigenvalue weighted by Crippen LogP contribution is -2.38. The van der Waals surface area contributed by atoms with Crippen molar-refractivity contribution in [3.63, 3.8) is 0 Å². The van der Waals surface area contributed by atoms with Crippen LogP contribution in [0, 0.1) is 0 Å². The summed E-state index contributed by atoms with van der Waals surface area (Å²) in [5, 5.41) is 11.3. The Hall–Kier alpha value is -3.36. The first-order valence-electron chi connectivity index (χ1n) is 13.6. The average molecular weight is 523 g/mol. The predicted octanol–water partition coefficient (Wildman–Crippen LogP) is 4.41. The minimum absolute atomic E-state index is 0.0937. The van der Waals surface area contributed by atoms with Gasteiger partial charge in [0.05, 0.1) is 38.0 Å². The summed E-state index contributed by atoms with van der Waals surface area (Å²) in [6.07, 6.45) is 2.66. The van der Waals surface area contributed by atoms with E-state index < -0.39 is 17.7 Å². The van der Waals surface area contributed by atoms with Crippen LogP contribution in [0.3, 0.4) is 0 Å². The molecule has 2 aromatic rings. The normalized spacial score (nSPS) is 19.6. The number of hydrogen-bond acceptors (Lipinski definition) is 7. The molecule has 1 N–H and O–H groups in total. The number of ketones is 1. The molecule has 2 saturated heterocycles. The van der Waals surface area contributed by atoms with Crippen LogP contribution in [0.15, 0.2) is 54.1 Å². The zero-order chi connectivity index (χ0) is 26.9. The first-order valence-corrected chi connectivity index (χ1v) is 13.6. The number of likely N-dealkylation sites (tertiary alicyclic amines) is 1. The van der Waals surface area contributed by atoms with Gasteiger partial charge in [0.25, 0.3) is 11.7 Å².